The van der Waals surface area contributed by atoms with E-state index in [0.29, 0.717) is 42.5 Å². The van der Waals surface area contributed by atoms with Crippen LogP contribution < -0.4 is 10.1 Å². The van der Waals surface area contributed by atoms with Crippen molar-refractivity contribution in [2.24, 2.45) is 0 Å². The molecule has 2 aromatic rings. The molecule has 1 N–H and O–H groups in total. The lowest BCUT2D eigenvalue weighted by Crippen LogP contribution is -2.47. The summed E-state index contributed by atoms with van der Waals surface area (Å²) in [6, 6.07) is 10.2. The van der Waals surface area contributed by atoms with Crippen molar-refractivity contribution in [1.82, 2.24) is 10.2 Å². The molecule has 132 valence electrons. The Labute approximate surface area is 150 Å². The quantitative estimate of drug-likeness (QED) is 0.887. The van der Waals surface area contributed by atoms with Crippen molar-refractivity contribution in [2.45, 2.75) is 18.9 Å². The van der Waals surface area contributed by atoms with Gasteiger partial charge in [0.1, 0.15) is 5.75 Å². The summed E-state index contributed by atoms with van der Waals surface area (Å²) in [6.45, 7) is 1.17. The van der Waals surface area contributed by atoms with Crippen molar-refractivity contribution in [3.63, 3.8) is 0 Å². The zero-order valence-electron chi connectivity index (χ0n) is 13.6. The SMILES string of the molecule is O=C(NC1CCN(C(=O)COc2ccc(Cl)cc2)CC1)c1ccco1. The molecule has 1 aromatic carbocycles. The van der Waals surface area contributed by atoms with Gasteiger partial charge in [-0.25, -0.2) is 0 Å². The first-order valence-electron chi connectivity index (χ1n) is 8.12. The molecule has 3 rings (SSSR count). The standard InChI is InChI=1S/C18H19ClN2O4/c19-13-3-5-15(6-4-13)25-12-17(22)21-9-7-14(8-10-21)20-18(23)16-2-1-11-24-16/h1-6,11,14H,7-10,12H2,(H,20,23). The Kier molecular flexibility index (Phi) is 5.60. The second kappa shape index (κ2) is 8.07. The summed E-state index contributed by atoms with van der Waals surface area (Å²) in [5, 5.41) is 3.55. The monoisotopic (exact) mass is 362 g/mol. The van der Waals surface area contributed by atoms with Gasteiger partial charge in [0.25, 0.3) is 11.8 Å². The van der Waals surface area contributed by atoms with Crippen LogP contribution in [-0.4, -0.2) is 42.5 Å². The van der Waals surface area contributed by atoms with Crippen molar-refractivity contribution in [3.8, 4) is 5.75 Å². The minimum absolute atomic E-state index is 0.00888. The third-order valence-corrected chi connectivity index (χ3v) is 4.36. The first kappa shape index (κ1) is 17.4. The summed E-state index contributed by atoms with van der Waals surface area (Å²) in [7, 11) is 0. The van der Waals surface area contributed by atoms with Gasteiger partial charge in [-0.15, -0.1) is 0 Å². The van der Waals surface area contributed by atoms with Crippen LogP contribution in [0, 0.1) is 0 Å². The number of furan rings is 1. The van der Waals surface area contributed by atoms with E-state index in [9.17, 15) is 9.59 Å². The number of nitrogens with zero attached hydrogens (tertiary/aromatic N) is 1. The van der Waals surface area contributed by atoms with Crippen molar-refractivity contribution in [3.05, 3.63) is 53.4 Å². The lowest BCUT2D eigenvalue weighted by molar-refractivity contribution is -0.134. The normalized spacial score (nSPS) is 15.0. The Morgan fingerprint density at radius 1 is 1.20 bits per heavy atom. The molecular weight excluding hydrogens is 344 g/mol. The van der Waals surface area contributed by atoms with Gasteiger partial charge in [-0.3, -0.25) is 9.59 Å². The van der Waals surface area contributed by atoms with Gasteiger partial charge in [0.05, 0.1) is 6.26 Å². The van der Waals surface area contributed by atoms with Gasteiger partial charge in [-0.1, -0.05) is 11.6 Å². The maximum atomic E-state index is 12.2. The first-order valence-corrected chi connectivity index (χ1v) is 8.50. The van der Waals surface area contributed by atoms with E-state index in [0.717, 1.165) is 0 Å². The molecule has 7 heteroatoms. The third kappa shape index (κ3) is 4.76. The molecule has 1 fully saturated rings. The molecule has 0 atom stereocenters. The van der Waals surface area contributed by atoms with Gasteiger partial charge in [-0.2, -0.15) is 0 Å². The Balaban J connectivity index is 1.41. The number of nitrogens with one attached hydrogen (secondary N) is 1. The molecule has 0 unspecified atom stereocenters. The van der Waals surface area contributed by atoms with Crippen LogP contribution in [0.1, 0.15) is 23.4 Å². The van der Waals surface area contributed by atoms with Crippen LogP contribution in [0.25, 0.3) is 0 Å². The van der Waals surface area contributed by atoms with Crippen LogP contribution in [0.15, 0.2) is 47.1 Å². The van der Waals surface area contributed by atoms with E-state index in [1.807, 2.05) is 0 Å². The molecule has 6 nitrogen and oxygen atoms in total. The van der Waals surface area contributed by atoms with Gasteiger partial charge in [0.15, 0.2) is 12.4 Å². The molecule has 0 radical (unpaired) electrons. The Morgan fingerprint density at radius 2 is 1.92 bits per heavy atom. The van der Waals surface area contributed by atoms with E-state index in [2.05, 4.69) is 5.32 Å². The summed E-state index contributed by atoms with van der Waals surface area (Å²) in [5.41, 5.74) is 0. The highest BCUT2D eigenvalue weighted by atomic mass is 35.5. The second-order valence-electron chi connectivity index (χ2n) is 5.85. The number of rotatable bonds is 5. The minimum atomic E-state index is -0.221. The van der Waals surface area contributed by atoms with Gasteiger partial charge >= 0.3 is 0 Å². The average Bonchev–Trinajstić information content (AvgIpc) is 3.16. The highest BCUT2D eigenvalue weighted by Gasteiger charge is 2.24. The fourth-order valence-electron chi connectivity index (χ4n) is 2.70. The van der Waals surface area contributed by atoms with Gasteiger partial charge in [0.2, 0.25) is 0 Å². The van der Waals surface area contributed by atoms with Crippen molar-refractivity contribution in [1.29, 1.82) is 0 Å². The molecule has 25 heavy (non-hydrogen) atoms. The lowest BCUT2D eigenvalue weighted by Gasteiger charge is -2.32. The predicted octanol–water partition coefficient (Wildman–Crippen LogP) is 2.73. The van der Waals surface area contributed by atoms with E-state index in [4.69, 9.17) is 20.8 Å². The highest BCUT2D eigenvalue weighted by molar-refractivity contribution is 6.30. The number of hydrogen-bond acceptors (Lipinski definition) is 4. The molecule has 0 spiro atoms. The molecule has 0 saturated carbocycles. The topological polar surface area (TPSA) is 71.8 Å². The zero-order chi connectivity index (χ0) is 17.6. The molecular formula is C18H19ClN2O4. The molecule has 1 aliphatic rings. The average molecular weight is 363 g/mol. The Bertz CT molecular complexity index is 707. The third-order valence-electron chi connectivity index (χ3n) is 4.10. The second-order valence-corrected chi connectivity index (χ2v) is 6.28. The van der Waals surface area contributed by atoms with Crippen LogP contribution in [-0.2, 0) is 4.79 Å². The number of piperidine rings is 1. The molecule has 1 aliphatic heterocycles. The number of benzene rings is 1. The fourth-order valence-corrected chi connectivity index (χ4v) is 2.83. The van der Waals surface area contributed by atoms with Crippen molar-refractivity contribution < 1.29 is 18.7 Å². The van der Waals surface area contributed by atoms with E-state index in [1.165, 1.54) is 6.26 Å². The summed E-state index contributed by atoms with van der Waals surface area (Å²) in [5.74, 6) is 0.625. The number of carbonyl (C=O) groups is 2. The number of likely N-dealkylation sites (tertiary alicyclic amines) is 1. The first-order chi connectivity index (χ1) is 12.1. The molecule has 0 bridgehead atoms. The van der Waals surface area contributed by atoms with E-state index in [-0.39, 0.29) is 24.5 Å². The molecule has 1 saturated heterocycles. The molecule has 0 aliphatic carbocycles. The van der Waals surface area contributed by atoms with E-state index >= 15 is 0 Å². The van der Waals surface area contributed by atoms with Crippen molar-refractivity contribution >= 4 is 23.4 Å². The Morgan fingerprint density at radius 3 is 2.56 bits per heavy atom. The van der Waals surface area contributed by atoms with Crippen LogP contribution in [0.2, 0.25) is 5.02 Å². The number of amides is 2. The maximum absolute atomic E-state index is 12.2. The van der Waals surface area contributed by atoms with E-state index < -0.39 is 0 Å². The predicted molar refractivity (Wildman–Crippen MR) is 92.7 cm³/mol. The molecule has 2 heterocycles. The molecule has 2 amide bonds. The fraction of sp³-hybridized carbons (Fsp3) is 0.333. The molecule has 1 aromatic heterocycles. The number of hydrogen-bond donors (Lipinski definition) is 1. The van der Waals surface area contributed by atoms with Gasteiger partial charge < -0.3 is 19.4 Å². The highest BCUT2D eigenvalue weighted by Crippen LogP contribution is 2.16. The summed E-state index contributed by atoms with van der Waals surface area (Å²) < 4.78 is 10.6. The maximum Gasteiger partial charge on any atom is 0.287 e. The van der Waals surface area contributed by atoms with E-state index in [1.54, 1.807) is 41.3 Å². The van der Waals surface area contributed by atoms with Crippen molar-refractivity contribution in [2.75, 3.05) is 19.7 Å². The van der Waals surface area contributed by atoms with Gasteiger partial charge in [0, 0.05) is 24.2 Å². The largest absolute Gasteiger partial charge is 0.484 e. The van der Waals surface area contributed by atoms with Crippen LogP contribution in [0.3, 0.4) is 0 Å². The van der Waals surface area contributed by atoms with Crippen LogP contribution in [0.4, 0.5) is 0 Å². The van der Waals surface area contributed by atoms with Crippen LogP contribution >= 0.6 is 11.6 Å². The number of ether oxygens (including phenoxy) is 1. The van der Waals surface area contributed by atoms with Gasteiger partial charge in [-0.05, 0) is 49.2 Å². The number of halogens is 1. The smallest absolute Gasteiger partial charge is 0.287 e. The lowest BCUT2D eigenvalue weighted by atomic mass is 10.0. The minimum Gasteiger partial charge on any atom is -0.484 e. The summed E-state index contributed by atoms with van der Waals surface area (Å²) in [4.78, 5) is 25.9. The summed E-state index contributed by atoms with van der Waals surface area (Å²) in [6.07, 6.45) is 2.88. The Hall–Kier alpha value is -2.47. The van der Waals surface area contributed by atoms with Crippen LogP contribution in [0.5, 0.6) is 5.75 Å². The number of carbonyl (C=O) groups excluding carboxylic acids is 2. The zero-order valence-corrected chi connectivity index (χ0v) is 14.4. The summed E-state index contributed by atoms with van der Waals surface area (Å²) >= 11 is 5.81.